The Morgan fingerprint density at radius 3 is 3.06 bits per heavy atom. The van der Waals surface area contributed by atoms with Crippen LogP contribution in [0.5, 0.6) is 0 Å². The zero-order valence-corrected chi connectivity index (χ0v) is 11.4. The van der Waals surface area contributed by atoms with Gasteiger partial charge in [-0.3, -0.25) is 0 Å². The monoisotopic (exact) mass is 336 g/mol. The maximum absolute atomic E-state index is 5.99. The molecule has 16 heavy (non-hydrogen) atoms. The van der Waals surface area contributed by atoms with Crippen LogP contribution in [0, 0.1) is 0 Å². The molecule has 0 bridgehead atoms. The highest BCUT2D eigenvalue weighted by atomic mass is 127. The summed E-state index contributed by atoms with van der Waals surface area (Å²) in [6.07, 6.45) is 7.90. The molecular formula is C12H17IO3. The largest absolute Gasteiger partial charge is 0.472 e. The molecule has 0 amide bonds. The van der Waals surface area contributed by atoms with Gasteiger partial charge in [-0.05, 0) is 31.7 Å². The Hall–Kier alpha value is -0.0700. The molecule has 2 heterocycles. The van der Waals surface area contributed by atoms with E-state index in [-0.39, 0.29) is 12.4 Å². The lowest BCUT2D eigenvalue weighted by molar-refractivity contribution is -0.190. The Labute approximate surface area is 110 Å². The molecule has 2 atom stereocenters. The first-order chi connectivity index (χ1) is 7.90. The molecule has 0 radical (unpaired) electrons. The van der Waals surface area contributed by atoms with Crippen molar-refractivity contribution in [3.63, 3.8) is 0 Å². The van der Waals surface area contributed by atoms with Crippen molar-refractivity contribution in [1.29, 1.82) is 0 Å². The average molecular weight is 336 g/mol. The first-order valence-corrected chi connectivity index (χ1v) is 7.28. The minimum absolute atomic E-state index is 0.0309. The molecule has 4 heteroatoms. The van der Waals surface area contributed by atoms with Crippen LogP contribution in [0.3, 0.4) is 0 Å². The van der Waals surface area contributed by atoms with E-state index in [2.05, 4.69) is 22.6 Å². The molecule has 1 aromatic rings. The van der Waals surface area contributed by atoms with Gasteiger partial charge in [-0.15, -0.1) is 0 Å². The summed E-state index contributed by atoms with van der Waals surface area (Å²) in [5.74, 6) is 0. The molecule has 1 aliphatic heterocycles. The summed E-state index contributed by atoms with van der Waals surface area (Å²) in [5.41, 5.74) is 1.12. The molecule has 2 rings (SSSR count). The van der Waals surface area contributed by atoms with E-state index in [0.717, 1.165) is 35.9 Å². The molecule has 1 aromatic heterocycles. The normalized spacial score (nSPS) is 23.2. The van der Waals surface area contributed by atoms with Gasteiger partial charge in [-0.2, -0.15) is 0 Å². The van der Waals surface area contributed by atoms with Crippen LogP contribution in [-0.4, -0.2) is 17.3 Å². The zero-order valence-electron chi connectivity index (χ0n) is 9.23. The highest BCUT2D eigenvalue weighted by Crippen LogP contribution is 2.27. The minimum Gasteiger partial charge on any atom is -0.472 e. The Balaban J connectivity index is 1.91. The van der Waals surface area contributed by atoms with Crippen molar-refractivity contribution in [3.8, 4) is 0 Å². The Morgan fingerprint density at radius 2 is 2.44 bits per heavy atom. The summed E-state index contributed by atoms with van der Waals surface area (Å²) in [4.78, 5) is 0. The predicted octanol–water partition coefficient (Wildman–Crippen LogP) is 3.69. The van der Waals surface area contributed by atoms with Crippen molar-refractivity contribution in [2.24, 2.45) is 0 Å². The number of rotatable bonds is 5. The van der Waals surface area contributed by atoms with Crippen molar-refractivity contribution in [2.75, 3.05) is 11.0 Å². The van der Waals surface area contributed by atoms with E-state index in [1.807, 2.05) is 6.07 Å². The van der Waals surface area contributed by atoms with Crippen molar-refractivity contribution >= 4 is 22.6 Å². The second-order valence-corrected chi connectivity index (χ2v) is 5.03. The van der Waals surface area contributed by atoms with E-state index in [0.29, 0.717) is 0 Å². The molecule has 1 fully saturated rings. The van der Waals surface area contributed by atoms with Crippen LogP contribution in [0.4, 0.5) is 0 Å². The van der Waals surface area contributed by atoms with Gasteiger partial charge in [-0.1, -0.05) is 22.6 Å². The molecular weight excluding hydrogens is 319 g/mol. The highest BCUT2D eigenvalue weighted by Gasteiger charge is 2.21. The molecule has 0 aromatic carbocycles. The third-order valence-electron chi connectivity index (χ3n) is 2.74. The first-order valence-electron chi connectivity index (χ1n) is 5.75. The summed E-state index contributed by atoms with van der Waals surface area (Å²) in [7, 11) is 0. The zero-order chi connectivity index (χ0) is 11.2. The maximum Gasteiger partial charge on any atom is 0.158 e. The second kappa shape index (κ2) is 6.61. The fourth-order valence-corrected chi connectivity index (χ4v) is 2.44. The second-order valence-electron chi connectivity index (χ2n) is 3.96. The third-order valence-corrected chi connectivity index (χ3v) is 3.36. The Bertz CT molecular complexity index is 280. The van der Waals surface area contributed by atoms with Gasteiger partial charge in [0.05, 0.1) is 18.6 Å². The molecule has 1 aliphatic rings. The Kier molecular flexibility index (Phi) is 5.12. The Morgan fingerprint density at radius 1 is 1.50 bits per heavy atom. The van der Waals surface area contributed by atoms with Crippen LogP contribution in [0.25, 0.3) is 0 Å². The molecule has 0 aliphatic carbocycles. The van der Waals surface area contributed by atoms with Crippen LogP contribution < -0.4 is 0 Å². The fraction of sp³-hybridized carbons (Fsp3) is 0.667. The van der Waals surface area contributed by atoms with Crippen molar-refractivity contribution in [2.45, 2.75) is 38.1 Å². The topological polar surface area (TPSA) is 31.6 Å². The van der Waals surface area contributed by atoms with Crippen molar-refractivity contribution in [1.82, 2.24) is 0 Å². The van der Waals surface area contributed by atoms with Crippen molar-refractivity contribution < 1.29 is 13.9 Å². The van der Waals surface area contributed by atoms with Gasteiger partial charge >= 0.3 is 0 Å². The van der Waals surface area contributed by atoms with Crippen LogP contribution in [-0.2, 0) is 9.47 Å². The third kappa shape index (κ3) is 3.46. The summed E-state index contributed by atoms with van der Waals surface area (Å²) < 4.78 is 17.8. The molecule has 0 spiro atoms. The summed E-state index contributed by atoms with van der Waals surface area (Å²) in [6, 6.07) is 1.97. The van der Waals surface area contributed by atoms with Gasteiger partial charge in [0, 0.05) is 16.6 Å². The smallest absolute Gasteiger partial charge is 0.158 e. The number of ether oxygens (including phenoxy) is 2. The maximum atomic E-state index is 5.99. The van der Waals surface area contributed by atoms with E-state index in [1.165, 1.54) is 6.42 Å². The lowest BCUT2D eigenvalue weighted by atomic mass is 10.1. The van der Waals surface area contributed by atoms with Gasteiger partial charge in [0.2, 0.25) is 0 Å². The highest BCUT2D eigenvalue weighted by molar-refractivity contribution is 14.1. The van der Waals surface area contributed by atoms with Crippen LogP contribution in [0.15, 0.2) is 23.0 Å². The van der Waals surface area contributed by atoms with E-state index in [9.17, 15) is 0 Å². The summed E-state index contributed by atoms with van der Waals surface area (Å²) in [6.45, 7) is 0.826. The number of alkyl halides is 1. The van der Waals surface area contributed by atoms with Gasteiger partial charge < -0.3 is 13.9 Å². The van der Waals surface area contributed by atoms with Gasteiger partial charge in [0.25, 0.3) is 0 Å². The molecule has 0 N–H and O–H groups in total. The fourth-order valence-electron chi connectivity index (χ4n) is 1.87. The van der Waals surface area contributed by atoms with Crippen LogP contribution in [0.1, 0.15) is 37.4 Å². The van der Waals surface area contributed by atoms with Gasteiger partial charge in [0.1, 0.15) is 0 Å². The lowest BCUT2D eigenvalue weighted by Crippen LogP contribution is -2.24. The minimum atomic E-state index is -0.0309. The summed E-state index contributed by atoms with van der Waals surface area (Å²) >= 11 is 2.37. The van der Waals surface area contributed by atoms with Crippen molar-refractivity contribution in [3.05, 3.63) is 24.2 Å². The van der Waals surface area contributed by atoms with Gasteiger partial charge in [-0.25, -0.2) is 0 Å². The molecule has 90 valence electrons. The predicted molar refractivity (Wildman–Crippen MR) is 69.6 cm³/mol. The van der Waals surface area contributed by atoms with E-state index in [1.54, 1.807) is 12.5 Å². The molecule has 1 saturated heterocycles. The lowest BCUT2D eigenvalue weighted by Gasteiger charge is -2.27. The average Bonchev–Trinajstić information content (AvgIpc) is 2.83. The van der Waals surface area contributed by atoms with E-state index < -0.39 is 0 Å². The number of hydrogen-bond donors (Lipinski definition) is 0. The SMILES string of the molecule is ICCC(OC1CCCCO1)c1ccoc1. The van der Waals surface area contributed by atoms with E-state index in [4.69, 9.17) is 13.9 Å². The molecule has 0 saturated carbocycles. The van der Waals surface area contributed by atoms with Crippen LogP contribution in [0.2, 0.25) is 0 Å². The van der Waals surface area contributed by atoms with Crippen LogP contribution >= 0.6 is 22.6 Å². The number of halogens is 1. The van der Waals surface area contributed by atoms with Gasteiger partial charge in [0.15, 0.2) is 6.29 Å². The quantitative estimate of drug-likeness (QED) is 0.607. The first kappa shape index (κ1) is 12.4. The van der Waals surface area contributed by atoms with E-state index >= 15 is 0 Å². The molecule has 2 unspecified atom stereocenters. The summed E-state index contributed by atoms with van der Waals surface area (Å²) in [5, 5.41) is 0. The number of hydrogen-bond acceptors (Lipinski definition) is 3. The number of furan rings is 1. The standard InChI is InChI=1S/C12H17IO3/c13-6-4-11(10-5-8-14-9-10)16-12-3-1-2-7-15-12/h5,8-9,11-12H,1-4,6-7H2. The molecule has 3 nitrogen and oxygen atoms in total.